The number of anilines is 1. The molecule has 28 heavy (non-hydrogen) atoms. The molecule has 4 aliphatic rings. The monoisotopic (exact) mass is 386 g/mol. The maximum atomic E-state index is 5.63. The van der Waals surface area contributed by atoms with E-state index in [4.69, 9.17) is 14.9 Å². The van der Waals surface area contributed by atoms with E-state index in [1.807, 2.05) is 0 Å². The first kappa shape index (κ1) is 18.9. The molecule has 2 aliphatic carbocycles. The second-order valence-corrected chi connectivity index (χ2v) is 11.3. The fraction of sp³-hybridized carbons (Fsp3) is 0.913. The standard InChI is InChI=1S/C23H38N4O/c1-22(2,3)8-6-18-7-11-26(15-18)21-25-24-20(27(21)16-17-4-5-17)19-14-23(19)9-12-28-13-10-23/h17-19H,4-16H2,1-3H3. The molecule has 2 unspecified atom stereocenters. The zero-order chi connectivity index (χ0) is 19.4. The van der Waals surface area contributed by atoms with Gasteiger partial charge in [0.2, 0.25) is 5.95 Å². The molecular weight excluding hydrogens is 348 g/mol. The Hall–Kier alpha value is -1.10. The maximum Gasteiger partial charge on any atom is 0.227 e. The molecule has 0 bridgehead atoms. The van der Waals surface area contributed by atoms with Gasteiger partial charge in [-0.05, 0) is 74.0 Å². The Morgan fingerprint density at radius 1 is 1.07 bits per heavy atom. The molecule has 2 aliphatic heterocycles. The summed E-state index contributed by atoms with van der Waals surface area (Å²) in [4.78, 5) is 2.55. The quantitative estimate of drug-likeness (QED) is 0.715. The van der Waals surface area contributed by atoms with Crippen LogP contribution in [0.3, 0.4) is 0 Å². The second kappa shape index (κ2) is 7.00. The Bertz CT molecular complexity index is 696. The van der Waals surface area contributed by atoms with Crippen molar-refractivity contribution >= 4 is 5.95 Å². The Kier molecular flexibility index (Phi) is 4.72. The molecule has 1 aromatic heterocycles. The van der Waals surface area contributed by atoms with Crippen molar-refractivity contribution in [3.8, 4) is 0 Å². The van der Waals surface area contributed by atoms with Crippen LogP contribution >= 0.6 is 0 Å². The summed E-state index contributed by atoms with van der Waals surface area (Å²) in [6.45, 7) is 12.4. The Labute approximate surface area is 170 Å². The lowest BCUT2D eigenvalue weighted by molar-refractivity contribution is 0.0552. The van der Waals surface area contributed by atoms with Crippen molar-refractivity contribution in [2.45, 2.75) is 84.6 Å². The van der Waals surface area contributed by atoms with Gasteiger partial charge in [0, 0.05) is 38.8 Å². The first-order valence-electron chi connectivity index (χ1n) is 11.7. The van der Waals surface area contributed by atoms with Crippen molar-refractivity contribution in [1.82, 2.24) is 14.8 Å². The van der Waals surface area contributed by atoms with E-state index < -0.39 is 0 Å². The molecule has 3 heterocycles. The maximum absolute atomic E-state index is 5.63. The van der Waals surface area contributed by atoms with Crippen LogP contribution in [0.1, 0.15) is 83.9 Å². The zero-order valence-electron chi connectivity index (χ0n) is 18.1. The van der Waals surface area contributed by atoms with Crippen molar-refractivity contribution in [1.29, 1.82) is 0 Å². The SMILES string of the molecule is CC(C)(C)CCC1CCN(c2nnc(C3CC34CCOCC4)n2CC2CC2)C1. The first-order chi connectivity index (χ1) is 13.4. The average molecular weight is 387 g/mol. The smallest absolute Gasteiger partial charge is 0.227 e. The minimum absolute atomic E-state index is 0.441. The number of hydrogen-bond acceptors (Lipinski definition) is 4. The van der Waals surface area contributed by atoms with Crippen LogP contribution < -0.4 is 4.90 Å². The molecule has 1 spiro atoms. The van der Waals surface area contributed by atoms with Crippen molar-refractivity contribution in [3.05, 3.63) is 5.82 Å². The van der Waals surface area contributed by atoms with Gasteiger partial charge in [0.05, 0.1) is 0 Å². The lowest BCUT2D eigenvalue weighted by Gasteiger charge is -2.24. The molecule has 5 heteroatoms. The molecule has 5 rings (SSSR count). The molecule has 2 atom stereocenters. The van der Waals surface area contributed by atoms with E-state index in [1.54, 1.807) is 0 Å². The highest BCUT2D eigenvalue weighted by Crippen LogP contribution is 2.64. The fourth-order valence-electron chi connectivity index (χ4n) is 5.46. The van der Waals surface area contributed by atoms with Gasteiger partial charge in [0.25, 0.3) is 0 Å². The highest BCUT2D eigenvalue weighted by atomic mass is 16.5. The van der Waals surface area contributed by atoms with E-state index in [-0.39, 0.29) is 0 Å². The molecule has 0 amide bonds. The summed E-state index contributed by atoms with van der Waals surface area (Å²) >= 11 is 0. The van der Waals surface area contributed by atoms with Gasteiger partial charge in [-0.25, -0.2) is 0 Å². The molecule has 1 aromatic rings. The third-order valence-electron chi connectivity index (χ3n) is 7.76. The van der Waals surface area contributed by atoms with Gasteiger partial charge in [-0.2, -0.15) is 0 Å². The minimum Gasteiger partial charge on any atom is -0.381 e. The third kappa shape index (κ3) is 3.83. The average Bonchev–Trinajstić information content (AvgIpc) is 3.48. The summed E-state index contributed by atoms with van der Waals surface area (Å²) in [6, 6.07) is 0. The van der Waals surface area contributed by atoms with Crippen molar-refractivity contribution in [2.75, 3.05) is 31.2 Å². The summed E-state index contributed by atoms with van der Waals surface area (Å²) in [6.07, 6.45) is 10.5. The van der Waals surface area contributed by atoms with Gasteiger partial charge in [-0.3, -0.25) is 4.57 Å². The normalized spacial score (nSPS) is 29.6. The minimum atomic E-state index is 0.441. The van der Waals surface area contributed by atoms with Crippen LogP contribution in [0.25, 0.3) is 0 Å². The molecule has 0 radical (unpaired) electrons. The molecule has 2 saturated carbocycles. The number of ether oxygens (including phenoxy) is 1. The van der Waals surface area contributed by atoms with Crippen LogP contribution in [-0.2, 0) is 11.3 Å². The van der Waals surface area contributed by atoms with E-state index in [1.165, 1.54) is 69.7 Å². The van der Waals surface area contributed by atoms with Gasteiger partial charge in [0.1, 0.15) is 5.82 Å². The van der Waals surface area contributed by atoms with Gasteiger partial charge in [0.15, 0.2) is 0 Å². The molecule has 5 nitrogen and oxygen atoms in total. The molecule has 4 fully saturated rings. The summed E-state index contributed by atoms with van der Waals surface area (Å²) in [5.74, 6) is 4.76. The summed E-state index contributed by atoms with van der Waals surface area (Å²) in [5, 5.41) is 9.56. The third-order valence-corrected chi connectivity index (χ3v) is 7.76. The second-order valence-electron chi connectivity index (χ2n) is 11.3. The fourth-order valence-corrected chi connectivity index (χ4v) is 5.46. The van der Waals surface area contributed by atoms with E-state index in [0.29, 0.717) is 16.7 Å². The van der Waals surface area contributed by atoms with Gasteiger partial charge in [-0.1, -0.05) is 20.8 Å². The number of nitrogens with zero attached hydrogens (tertiary/aromatic N) is 4. The lowest BCUT2D eigenvalue weighted by atomic mass is 9.86. The molecular formula is C23H38N4O. The lowest BCUT2D eigenvalue weighted by Crippen LogP contribution is -2.25. The van der Waals surface area contributed by atoms with Gasteiger partial charge in [-0.15, -0.1) is 10.2 Å². The van der Waals surface area contributed by atoms with Crippen LogP contribution in [-0.4, -0.2) is 41.1 Å². The van der Waals surface area contributed by atoms with Crippen LogP contribution in [0, 0.1) is 22.7 Å². The summed E-state index contributed by atoms with van der Waals surface area (Å²) < 4.78 is 8.17. The first-order valence-corrected chi connectivity index (χ1v) is 11.7. The van der Waals surface area contributed by atoms with Gasteiger partial charge < -0.3 is 9.64 Å². The van der Waals surface area contributed by atoms with Crippen molar-refractivity contribution < 1.29 is 4.74 Å². The summed E-state index contributed by atoms with van der Waals surface area (Å²) in [5.41, 5.74) is 0.917. The molecule has 2 saturated heterocycles. The van der Waals surface area contributed by atoms with Gasteiger partial charge >= 0.3 is 0 Å². The van der Waals surface area contributed by atoms with Crippen LogP contribution in [0.5, 0.6) is 0 Å². The topological polar surface area (TPSA) is 43.2 Å². The van der Waals surface area contributed by atoms with E-state index in [0.717, 1.165) is 38.1 Å². The van der Waals surface area contributed by atoms with Crippen LogP contribution in [0.2, 0.25) is 0 Å². The van der Waals surface area contributed by atoms with E-state index in [9.17, 15) is 0 Å². The predicted molar refractivity (Wildman–Crippen MR) is 112 cm³/mol. The molecule has 156 valence electrons. The van der Waals surface area contributed by atoms with E-state index >= 15 is 0 Å². The zero-order valence-corrected chi connectivity index (χ0v) is 18.1. The van der Waals surface area contributed by atoms with E-state index in [2.05, 4.69) is 30.2 Å². The highest BCUT2D eigenvalue weighted by Gasteiger charge is 2.57. The molecule has 0 N–H and O–H groups in total. The number of hydrogen-bond donors (Lipinski definition) is 0. The summed E-state index contributed by atoms with van der Waals surface area (Å²) in [7, 11) is 0. The Morgan fingerprint density at radius 3 is 2.57 bits per heavy atom. The Morgan fingerprint density at radius 2 is 1.86 bits per heavy atom. The van der Waals surface area contributed by atoms with Crippen LogP contribution in [0.4, 0.5) is 5.95 Å². The van der Waals surface area contributed by atoms with Crippen molar-refractivity contribution in [2.24, 2.45) is 22.7 Å². The highest BCUT2D eigenvalue weighted by molar-refractivity contribution is 5.36. The number of aromatic nitrogens is 3. The largest absolute Gasteiger partial charge is 0.381 e. The van der Waals surface area contributed by atoms with Crippen LogP contribution in [0.15, 0.2) is 0 Å². The predicted octanol–water partition coefficient (Wildman–Crippen LogP) is 4.62. The molecule has 0 aromatic carbocycles. The Balaban J connectivity index is 1.31. The van der Waals surface area contributed by atoms with Crippen molar-refractivity contribution in [3.63, 3.8) is 0 Å². The number of rotatable bonds is 6.